The van der Waals surface area contributed by atoms with Crippen LogP contribution in [0.25, 0.3) is 0 Å². The molecular weight excluding hydrogens is 180 g/mol. The molecule has 0 aromatic carbocycles. The maximum absolute atomic E-state index is 8.71. The van der Waals surface area contributed by atoms with E-state index in [1.165, 1.54) is 25.7 Å². The van der Waals surface area contributed by atoms with Crippen LogP contribution in [-0.4, -0.2) is 23.6 Å². The Balaban J connectivity index is 2.41. The van der Waals surface area contributed by atoms with Gasteiger partial charge in [-0.1, -0.05) is 12.8 Å². The van der Waals surface area contributed by atoms with Crippen molar-refractivity contribution in [1.29, 1.82) is 5.26 Å². The van der Waals surface area contributed by atoms with Crippen LogP contribution in [0.3, 0.4) is 0 Å². The van der Waals surface area contributed by atoms with Gasteiger partial charge < -0.3 is 0 Å². The zero-order chi connectivity index (χ0) is 9.68. The van der Waals surface area contributed by atoms with Crippen molar-refractivity contribution < 1.29 is 0 Å². The van der Waals surface area contributed by atoms with Crippen molar-refractivity contribution in [2.75, 3.05) is 6.26 Å². The standard InChI is InChI=1S/C10H18N2S/c1-8(7-11)12-9-5-3-4-6-10(9)13-2/h8-10,12H,3-6H2,1-2H3. The van der Waals surface area contributed by atoms with Gasteiger partial charge in [0.25, 0.3) is 0 Å². The number of nitriles is 1. The first-order chi connectivity index (χ1) is 6.27. The van der Waals surface area contributed by atoms with Crippen molar-refractivity contribution in [3.05, 3.63) is 0 Å². The van der Waals surface area contributed by atoms with E-state index in [0.29, 0.717) is 11.3 Å². The lowest BCUT2D eigenvalue weighted by Gasteiger charge is -2.31. The van der Waals surface area contributed by atoms with Gasteiger partial charge in [0.2, 0.25) is 0 Å². The molecule has 3 heteroatoms. The van der Waals surface area contributed by atoms with Gasteiger partial charge in [0, 0.05) is 11.3 Å². The highest BCUT2D eigenvalue weighted by Crippen LogP contribution is 2.27. The van der Waals surface area contributed by atoms with Gasteiger partial charge in [-0.3, -0.25) is 5.32 Å². The first-order valence-corrected chi connectivity index (χ1v) is 6.25. The number of rotatable bonds is 3. The van der Waals surface area contributed by atoms with Gasteiger partial charge in [-0.05, 0) is 26.0 Å². The Labute approximate surface area is 85.1 Å². The zero-order valence-electron chi connectivity index (χ0n) is 8.42. The van der Waals surface area contributed by atoms with E-state index >= 15 is 0 Å². The Morgan fingerprint density at radius 3 is 2.77 bits per heavy atom. The fourth-order valence-corrected chi connectivity index (χ4v) is 2.87. The van der Waals surface area contributed by atoms with Gasteiger partial charge in [-0.15, -0.1) is 0 Å². The van der Waals surface area contributed by atoms with Crippen molar-refractivity contribution in [3.8, 4) is 6.07 Å². The summed E-state index contributed by atoms with van der Waals surface area (Å²) in [6, 6.07) is 2.79. The predicted molar refractivity (Wildman–Crippen MR) is 57.8 cm³/mol. The summed E-state index contributed by atoms with van der Waals surface area (Å²) in [5.74, 6) is 0. The average molecular weight is 198 g/mol. The van der Waals surface area contributed by atoms with Crippen molar-refractivity contribution in [2.45, 2.75) is 49.9 Å². The summed E-state index contributed by atoms with van der Waals surface area (Å²) < 4.78 is 0. The van der Waals surface area contributed by atoms with Crippen LogP contribution in [0.5, 0.6) is 0 Å². The summed E-state index contributed by atoms with van der Waals surface area (Å²) in [5, 5.41) is 12.8. The van der Waals surface area contributed by atoms with Crippen LogP contribution in [0.15, 0.2) is 0 Å². The molecule has 0 heterocycles. The second-order valence-corrected chi connectivity index (χ2v) is 4.76. The smallest absolute Gasteiger partial charge is 0.0926 e. The van der Waals surface area contributed by atoms with E-state index in [-0.39, 0.29) is 6.04 Å². The first-order valence-electron chi connectivity index (χ1n) is 4.96. The highest BCUT2D eigenvalue weighted by Gasteiger charge is 2.24. The number of thioether (sulfide) groups is 1. The predicted octanol–water partition coefficient (Wildman–Crippen LogP) is 2.16. The Morgan fingerprint density at radius 1 is 1.46 bits per heavy atom. The van der Waals surface area contributed by atoms with E-state index in [2.05, 4.69) is 17.6 Å². The molecule has 3 atom stereocenters. The second-order valence-electron chi connectivity index (χ2n) is 3.68. The molecule has 0 amide bonds. The lowest BCUT2D eigenvalue weighted by molar-refractivity contribution is 0.374. The fourth-order valence-electron chi connectivity index (χ4n) is 1.93. The van der Waals surface area contributed by atoms with E-state index in [1.807, 2.05) is 18.7 Å². The van der Waals surface area contributed by atoms with Crippen molar-refractivity contribution in [3.63, 3.8) is 0 Å². The Kier molecular flexibility index (Phi) is 4.61. The minimum atomic E-state index is -0.00208. The number of nitrogens with zero attached hydrogens (tertiary/aromatic N) is 1. The van der Waals surface area contributed by atoms with Crippen LogP contribution < -0.4 is 5.32 Å². The van der Waals surface area contributed by atoms with Gasteiger partial charge in [-0.2, -0.15) is 17.0 Å². The van der Waals surface area contributed by atoms with Crippen LogP contribution in [0.2, 0.25) is 0 Å². The maximum atomic E-state index is 8.71. The molecule has 1 aliphatic carbocycles. The monoisotopic (exact) mass is 198 g/mol. The Hall–Kier alpha value is -0.200. The molecule has 1 rings (SSSR count). The van der Waals surface area contributed by atoms with E-state index < -0.39 is 0 Å². The minimum Gasteiger partial charge on any atom is -0.298 e. The molecule has 13 heavy (non-hydrogen) atoms. The average Bonchev–Trinajstić information content (AvgIpc) is 2.18. The largest absolute Gasteiger partial charge is 0.298 e. The molecule has 3 unspecified atom stereocenters. The molecule has 1 aliphatic rings. The molecule has 0 spiro atoms. The number of nitrogens with one attached hydrogen (secondary N) is 1. The van der Waals surface area contributed by atoms with E-state index in [9.17, 15) is 0 Å². The molecule has 2 nitrogen and oxygen atoms in total. The summed E-state index contributed by atoms with van der Waals surface area (Å²) in [5.41, 5.74) is 0. The van der Waals surface area contributed by atoms with Crippen molar-refractivity contribution >= 4 is 11.8 Å². The third-order valence-electron chi connectivity index (χ3n) is 2.66. The topological polar surface area (TPSA) is 35.8 Å². The highest BCUT2D eigenvalue weighted by atomic mass is 32.2. The molecular formula is C10H18N2S. The van der Waals surface area contributed by atoms with E-state index in [0.717, 1.165) is 0 Å². The lowest BCUT2D eigenvalue weighted by Crippen LogP contribution is -2.44. The quantitative estimate of drug-likeness (QED) is 0.755. The Morgan fingerprint density at radius 2 is 2.15 bits per heavy atom. The number of hydrogen-bond acceptors (Lipinski definition) is 3. The summed E-state index contributed by atoms with van der Waals surface area (Å²) in [6.45, 7) is 1.94. The van der Waals surface area contributed by atoms with Gasteiger partial charge in [-0.25, -0.2) is 0 Å². The molecule has 0 aromatic heterocycles. The van der Waals surface area contributed by atoms with Crippen molar-refractivity contribution in [1.82, 2.24) is 5.32 Å². The van der Waals surface area contributed by atoms with E-state index in [1.54, 1.807) is 0 Å². The lowest BCUT2D eigenvalue weighted by atomic mass is 9.94. The minimum absolute atomic E-state index is 0.00208. The van der Waals surface area contributed by atoms with Gasteiger partial charge in [0.1, 0.15) is 0 Å². The summed E-state index contributed by atoms with van der Waals surface area (Å²) in [6.07, 6.45) is 7.37. The van der Waals surface area contributed by atoms with E-state index in [4.69, 9.17) is 5.26 Å². The summed E-state index contributed by atoms with van der Waals surface area (Å²) in [7, 11) is 0. The molecule has 0 bridgehead atoms. The molecule has 0 aromatic rings. The fraction of sp³-hybridized carbons (Fsp3) is 0.900. The zero-order valence-corrected chi connectivity index (χ0v) is 9.23. The molecule has 0 saturated heterocycles. The van der Waals surface area contributed by atoms with Crippen LogP contribution >= 0.6 is 11.8 Å². The van der Waals surface area contributed by atoms with Crippen LogP contribution in [0, 0.1) is 11.3 Å². The molecule has 1 N–H and O–H groups in total. The van der Waals surface area contributed by atoms with Crippen LogP contribution in [0.1, 0.15) is 32.6 Å². The molecule has 74 valence electrons. The molecule has 1 fully saturated rings. The molecule has 0 radical (unpaired) electrons. The third-order valence-corrected chi connectivity index (χ3v) is 3.83. The number of hydrogen-bond donors (Lipinski definition) is 1. The summed E-state index contributed by atoms with van der Waals surface area (Å²) in [4.78, 5) is 0. The highest BCUT2D eigenvalue weighted by molar-refractivity contribution is 7.99. The second kappa shape index (κ2) is 5.51. The van der Waals surface area contributed by atoms with Crippen LogP contribution in [0.4, 0.5) is 0 Å². The summed E-state index contributed by atoms with van der Waals surface area (Å²) >= 11 is 1.93. The molecule has 1 saturated carbocycles. The third kappa shape index (κ3) is 3.21. The Bertz CT molecular complexity index is 188. The SMILES string of the molecule is CSC1CCCCC1NC(C)C#N. The van der Waals surface area contributed by atoms with Crippen LogP contribution in [-0.2, 0) is 0 Å². The first kappa shape index (κ1) is 10.9. The van der Waals surface area contributed by atoms with Crippen molar-refractivity contribution in [2.24, 2.45) is 0 Å². The maximum Gasteiger partial charge on any atom is 0.0926 e. The van der Waals surface area contributed by atoms with Gasteiger partial charge >= 0.3 is 0 Å². The van der Waals surface area contributed by atoms with Gasteiger partial charge in [0.15, 0.2) is 0 Å². The van der Waals surface area contributed by atoms with Gasteiger partial charge in [0.05, 0.1) is 12.1 Å². The normalized spacial score (nSPS) is 30.8. The molecule has 0 aliphatic heterocycles.